The van der Waals surface area contributed by atoms with Crippen molar-refractivity contribution >= 4 is 33.2 Å². The first-order valence-electron chi connectivity index (χ1n) is 4.74. The fourth-order valence-electron chi connectivity index (χ4n) is 1.57. The van der Waals surface area contributed by atoms with E-state index in [9.17, 15) is 4.79 Å². The first-order chi connectivity index (χ1) is 7.13. The van der Waals surface area contributed by atoms with Crippen molar-refractivity contribution in [3.63, 3.8) is 0 Å². The fraction of sp³-hybridized carbons (Fsp3) is 0.273. The average Bonchev–Trinajstić information content (AvgIpc) is 2.59. The Balaban J connectivity index is 2.73. The SMILES string of the molecule is CC(C)n1cnc2cc(C=O)c(Br)cc21. The quantitative estimate of drug-likeness (QED) is 0.783. The van der Waals surface area contributed by atoms with E-state index in [4.69, 9.17) is 0 Å². The summed E-state index contributed by atoms with van der Waals surface area (Å²) in [5.74, 6) is 0. The standard InChI is InChI=1S/C11H11BrN2O/c1-7(2)14-6-13-10-3-8(5-15)9(12)4-11(10)14/h3-7H,1-2H3. The maximum atomic E-state index is 10.7. The molecule has 0 N–H and O–H groups in total. The number of rotatable bonds is 2. The van der Waals surface area contributed by atoms with Crippen LogP contribution in [0.5, 0.6) is 0 Å². The highest BCUT2D eigenvalue weighted by molar-refractivity contribution is 9.10. The third-order valence-electron chi connectivity index (χ3n) is 2.38. The molecule has 1 aromatic carbocycles. The van der Waals surface area contributed by atoms with Crippen LogP contribution < -0.4 is 0 Å². The molecule has 1 aromatic heterocycles. The first kappa shape index (κ1) is 10.4. The molecule has 0 saturated heterocycles. The monoisotopic (exact) mass is 266 g/mol. The molecule has 2 rings (SSSR count). The second-order valence-electron chi connectivity index (χ2n) is 3.73. The number of aldehydes is 1. The summed E-state index contributed by atoms with van der Waals surface area (Å²) in [6.45, 7) is 4.20. The molecule has 1 heterocycles. The molecule has 0 amide bonds. The topological polar surface area (TPSA) is 34.9 Å². The zero-order valence-electron chi connectivity index (χ0n) is 8.57. The first-order valence-corrected chi connectivity index (χ1v) is 5.54. The van der Waals surface area contributed by atoms with Crippen molar-refractivity contribution in [3.05, 3.63) is 28.5 Å². The van der Waals surface area contributed by atoms with E-state index >= 15 is 0 Å². The average molecular weight is 267 g/mol. The van der Waals surface area contributed by atoms with Crippen LogP contribution in [0.4, 0.5) is 0 Å². The van der Waals surface area contributed by atoms with Gasteiger partial charge in [-0.3, -0.25) is 4.79 Å². The fourth-order valence-corrected chi connectivity index (χ4v) is 1.99. The van der Waals surface area contributed by atoms with Gasteiger partial charge in [0.1, 0.15) is 0 Å². The van der Waals surface area contributed by atoms with Gasteiger partial charge >= 0.3 is 0 Å². The summed E-state index contributed by atoms with van der Waals surface area (Å²) < 4.78 is 2.89. The minimum absolute atomic E-state index is 0.365. The number of imidazole rings is 1. The number of nitrogens with zero attached hydrogens (tertiary/aromatic N) is 2. The van der Waals surface area contributed by atoms with Crippen LogP contribution in [0.15, 0.2) is 22.9 Å². The summed E-state index contributed by atoms with van der Waals surface area (Å²) in [6, 6.07) is 4.10. The highest BCUT2D eigenvalue weighted by Gasteiger charge is 2.08. The van der Waals surface area contributed by atoms with Crippen LogP contribution in [0.25, 0.3) is 11.0 Å². The number of hydrogen-bond acceptors (Lipinski definition) is 2. The normalized spacial score (nSPS) is 11.2. The number of hydrogen-bond donors (Lipinski definition) is 0. The van der Waals surface area contributed by atoms with Crippen molar-refractivity contribution in [1.82, 2.24) is 9.55 Å². The van der Waals surface area contributed by atoms with Crippen LogP contribution in [0.1, 0.15) is 30.2 Å². The van der Waals surface area contributed by atoms with Gasteiger partial charge in [-0.1, -0.05) is 0 Å². The molecule has 0 fully saturated rings. The molecular formula is C11H11BrN2O. The minimum Gasteiger partial charge on any atom is -0.328 e. The Kier molecular flexibility index (Phi) is 2.61. The highest BCUT2D eigenvalue weighted by atomic mass is 79.9. The summed E-state index contributed by atoms with van der Waals surface area (Å²) in [6.07, 6.45) is 2.63. The molecule has 4 heteroatoms. The van der Waals surface area contributed by atoms with Gasteiger partial charge in [0.15, 0.2) is 6.29 Å². The Bertz CT molecular complexity index is 517. The summed E-state index contributed by atoms with van der Waals surface area (Å²) in [7, 11) is 0. The van der Waals surface area contributed by atoms with Gasteiger partial charge in [-0.2, -0.15) is 0 Å². The lowest BCUT2D eigenvalue weighted by atomic mass is 10.2. The molecule has 0 bridgehead atoms. The van der Waals surface area contributed by atoms with Crippen molar-refractivity contribution in [2.45, 2.75) is 19.9 Å². The molecule has 0 aliphatic heterocycles. The van der Waals surface area contributed by atoms with Gasteiger partial charge in [0.25, 0.3) is 0 Å². The molecule has 2 aromatic rings. The van der Waals surface area contributed by atoms with E-state index in [2.05, 4.69) is 39.3 Å². The smallest absolute Gasteiger partial charge is 0.151 e. The van der Waals surface area contributed by atoms with Crippen molar-refractivity contribution in [1.29, 1.82) is 0 Å². The summed E-state index contributed by atoms with van der Waals surface area (Å²) in [4.78, 5) is 15.0. The lowest BCUT2D eigenvalue weighted by molar-refractivity contribution is 0.112. The Morgan fingerprint density at radius 3 is 2.80 bits per heavy atom. The van der Waals surface area contributed by atoms with E-state index in [0.29, 0.717) is 11.6 Å². The van der Waals surface area contributed by atoms with E-state index in [1.807, 2.05) is 6.07 Å². The van der Waals surface area contributed by atoms with Crippen LogP contribution in [-0.4, -0.2) is 15.8 Å². The second kappa shape index (κ2) is 3.77. The minimum atomic E-state index is 0.365. The van der Waals surface area contributed by atoms with Gasteiger partial charge in [-0.05, 0) is 41.9 Å². The number of halogens is 1. The van der Waals surface area contributed by atoms with Crippen molar-refractivity contribution < 1.29 is 4.79 Å². The number of aromatic nitrogens is 2. The zero-order valence-corrected chi connectivity index (χ0v) is 10.2. The van der Waals surface area contributed by atoms with Crippen LogP contribution in [0.2, 0.25) is 0 Å². The van der Waals surface area contributed by atoms with E-state index in [0.717, 1.165) is 21.8 Å². The molecule has 0 atom stereocenters. The predicted molar refractivity (Wildman–Crippen MR) is 63.2 cm³/mol. The van der Waals surface area contributed by atoms with Crippen molar-refractivity contribution in [2.24, 2.45) is 0 Å². The number of carbonyl (C=O) groups is 1. The van der Waals surface area contributed by atoms with E-state index < -0.39 is 0 Å². The van der Waals surface area contributed by atoms with Gasteiger partial charge < -0.3 is 4.57 Å². The molecule has 3 nitrogen and oxygen atoms in total. The van der Waals surface area contributed by atoms with E-state index in [1.165, 1.54) is 0 Å². The van der Waals surface area contributed by atoms with Gasteiger partial charge in [0, 0.05) is 16.1 Å². The molecule has 0 saturated carbocycles. The predicted octanol–water partition coefficient (Wildman–Crippen LogP) is 3.19. The van der Waals surface area contributed by atoms with Gasteiger partial charge in [-0.25, -0.2) is 4.98 Å². The summed E-state index contributed by atoms with van der Waals surface area (Å²) in [5, 5.41) is 0. The lowest BCUT2D eigenvalue weighted by Gasteiger charge is -2.08. The maximum Gasteiger partial charge on any atom is 0.151 e. The van der Waals surface area contributed by atoms with E-state index in [1.54, 1.807) is 12.4 Å². The number of fused-ring (bicyclic) bond motifs is 1. The number of carbonyl (C=O) groups excluding carboxylic acids is 1. The zero-order chi connectivity index (χ0) is 11.0. The third-order valence-corrected chi connectivity index (χ3v) is 3.06. The lowest BCUT2D eigenvalue weighted by Crippen LogP contribution is -1.98. The second-order valence-corrected chi connectivity index (χ2v) is 4.58. The molecule has 0 aliphatic carbocycles. The number of benzene rings is 1. The molecule has 78 valence electrons. The van der Waals surface area contributed by atoms with Crippen LogP contribution >= 0.6 is 15.9 Å². The van der Waals surface area contributed by atoms with Crippen LogP contribution in [0, 0.1) is 0 Å². The molecule has 0 spiro atoms. The Morgan fingerprint density at radius 1 is 1.47 bits per heavy atom. The molecule has 0 aliphatic rings. The highest BCUT2D eigenvalue weighted by Crippen LogP contribution is 2.24. The largest absolute Gasteiger partial charge is 0.328 e. The maximum absolute atomic E-state index is 10.7. The Morgan fingerprint density at radius 2 is 2.20 bits per heavy atom. The summed E-state index contributed by atoms with van der Waals surface area (Å²) >= 11 is 3.37. The molecule has 0 radical (unpaired) electrons. The molecule has 15 heavy (non-hydrogen) atoms. The molecular weight excluding hydrogens is 256 g/mol. The molecule has 0 unspecified atom stereocenters. The van der Waals surface area contributed by atoms with Gasteiger partial charge in [0.05, 0.1) is 17.4 Å². The van der Waals surface area contributed by atoms with Gasteiger partial charge in [-0.15, -0.1) is 0 Å². The van der Waals surface area contributed by atoms with Gasteiger partial charge in [0.2, 0.25) is 0 Å². The summed E-state index contributed by atoms with van der Waals surface area (Å²) in [5.41, 5.74) is 2.54. The van der Waals surface area contributed by atoms with Crippen LogP contribution in [-0.2, 0) is 0 Å². The van der Waals surface area contributed by atoms with Crippen LogP contribution in [0.3, 0.4) is 0 Å². The Labute approximate surface area is 96.2 Å². The van der Waals surface area contributed by atoms with E-state index in [-0.39, 0.29) is 0 Å². The van der Waals surface area contributed by atoms with Crippen molar-refractivity contribution in [3.8, 4) is 0 Å². The van der Waals surface area contributed by atoms with Crippen molar-refractivity contribution in [2.75, 3.05) is 0 Å². The Hall–Kier alpha value is -1.16. The third kappa shape index (κ3) is 1.69.